The number of carbonyl (C=O) groups is 2. The number of halogens is 3. The highest BCUT2D eigenvalue weighted by atomic mass is 35.5. The van der Waals surface area contributed by atoms with Gasteiger partial charge in [-0.3, -0.25) is 14.5 Å². The standard InChI is InChI=1S/C28H30Cl3N5O2S/c1-17-6-10-35(11-7-17)15-18-16-39-26(24(18)31)28(38)34-25-21(27(37)33-23-5-4-19(29)14-32-23)12-20(30)13-22(25)36-8-2-3-9-36/h4-5,12-14,16-17H,2-3,6-11,15H2,1H3,(H,34,38)(H,32,33,37). The fraction of sp³-hybridized carbons (Fsp3) is 0.393. The van der Waals surface area contributed by atoms with E-state index in [1.165, 1.54) is 30.4 Å². The lowest BCUT2D eigenvalue weighted by atomic mass is 9.99. The molecule has 2 saturated heterocycles. The number of benzene rings is 1. The van der Waals surface area contributed by atoms with Crippen molar-refractivity contribution >= 4 is 75.1 Å². The summed E-state index contributed by atoms with van der Waals surface area (Å²) >= 11 is 20.5. The second kappa shape index (κ2) is 12.4. The van der Waals surface area contributed by atoms with Crippen LogP contribution in [0, 0.1) is 5.92 Å². The molecule has 5 rings (SSSR count). The summed E-state index contributed by atoms with van der Waals surface area (Å²) in [7, 11) is 0. The smallest absolute Gasteiger partial charge is 0.267 e. The van der Waals surface area contributed by atoms with Crippen LogP contribution in [0.4, 0.5) is 17.2 Å². The summed E-state index contributed by atoms with van der Waals surface area (Å²) in [4.78, 5) is 36.1. The summed E-state index contributed by atoms with van der Waals surface area (Å²) in [5.74, 6) is 0.277. The number of carbonyl (C=O) groups excluding carboxylic acids is 2. The molecule has 0 spiro atoms. The molecule has 0 unspecified atom stereocenters. The van der Waals surface area contributed by atoms with Crippen LogP contribution in [0.5, 0.6) is 0 Å². The van der Waals surface area contributed by atoms with Gasteiger partial charge in [-0.1, -0.05) is 41.7 Å². The van der Waals surface area contributed by atoms with Crippen molar-refractivity contribution < 1.29 is 9.59 Å². The van der Waals surface area contributed by atoms with Crippen LogP contribution in [-0.2, 0) is 6.54 Å². The first kappa shape index (κ1) is 28.2. The van der Waals surface area contributed by atoms with Gasteiger partial charge in [-0.05, 0) is 79.9 Å². The highest BCUT2D eigenvalue weighted by Crippen LogP contribution is 2.38. The van der Waals surface area contributed by atoms with Gasteiger partial charge in [0, 0.05) is 30.9 Å². The predicted octanol–water partition coefficient (Wildman–Crippen LogP) is 7.44. The summed E-state index contributed by atoms with van der Waals surface area (Å²) in [6.07, 6.45) is 5.83. The van der Waals surface area contributed by atoms with Gasteiger partial charge in [0.05, 0.1) is 27.0 Å². The second-order valence-electron chi connectivity index (χ2n) is 10.2. The molecule has 2 N–H and O–H groups in total. The van der Waals surface area contributed by atoms with E-state index in [4.69, 9.17) is 34.8 Å². The van der Waals surface area contributed by atoms with E-state index in [2.05, 4.69) is 32.3 Å². The van der Waals surface area contributed by atoms with Crippen LogP contribution >= 0.6 is 46.1 Å². The van der Waals surface area contributed by atoms with Crippen molar-refractivity contribution in [1.29, 1.82) is 0 Å². The van der Waals surface area contributed by atoms with Gasteiger partial charge in [-0.25, -0.2) is 4.98 Å². The van der Waals surface area contributed by atoms with Crippen molar-refractivity contribution in [3.8, 4) is 0 Å². The lowest BCUT2D eigenvalue weighted by molar-refractivity contribution is 0.102. The van der Waals surface area contributed by atoms with E-state index in [0.717, 1.165) is 57.0 Å². The van der Waals surface area contributed by atoms with E-state index in [9.17, 15) is 9.59 Å². The summed E-state index contributed by atoms with van der Waals surface area (Å²) in [6.45, 7) is 6.67. The molecule has 7 nitrogen and oxygen atoms in total. The fourth-order valence-electron chi connectivity index (χ4n) is 5.01. The van der Waals surface area contributed by atoms with E-state index >= 15 is 0 Å². The summed E-state index contributed by atoms with van der Waals surface area (Å²) in [5.41, 5.74) is 2.29. The zero-order valence-corrected chi connectivity index (χ0v) is 24.7. The van der Waals surface area contributed by atoms with Crippen LogP contribution < -0.4 is 15.5 Å². The molecule has 1 aromatic carbocycles. The van der Waals surface area contributed by atoms with Crippen molar-refractivity contribution in [2.75, 3.05) is 41.7 Å². The number of nitrogens with one attached hydrogen (secondary N) is 2. The van der Waals surface area contributed by atoms with E-state index in [0.29, 0.717) is 37.1 Å². The molecule has 2 aromatic heterocycles. The molecule has 39 heavy (non-hydrogen) atoms. The number of aromatic nitrogens is 1. The summed E-state index contributed by atoms with van der Waals surface area (Å²) < 4.78 is 0. The van der Waals surface area contributed by atoms with Crippen LogP contribution in [-0.4, -0.2) is 47.9 Å². The molecule has 4 heterocycles. The zero-order chi connectivity index (χ0) is 27.5. The Hall–Kier alpha value is -2.36. The van der Waals surface area contributed by atoms with Crippen LogP contribution in [0.15, 0.2) is 35.8 Å². The Morgan fingerprint density at radius 1 is 1.00 bits per heavy atom. The molecule has 2 aliphatic heterocycles. The lowest BCUT2D eigenvalue weighted by Gasteiger charge is -2.30. The number of amides is 2. The number of anilines is 3. The maximum atomic E-state index is 13.6. The highest BCUT2D eigenvalue weighted by molar-refractivity contribution is 7.13. The van der Waals surface area contributed by atoms with Gasteiger partial charge in [0.15, 0.2) is 0 Å². The second-order valence-corrected chi connectivity index (χ2v) is 12.3. The third-order valence-electron chi connectivity index (χ3n) is 7.26. The Morgan fingerprint density at radius 2 is 1.74 bits per heavy atom. The van der Waals surface area contributed by atoms with E-state index in [1.54, 1.807) is 24.3 Å². The first-order valence-electron chi connectivity index (χ1n) is 13.1. The van der Waals surface area contributed by atoms with Crippen molar-refractivity contribution in [3.05, 3.63) is 66.9 Å². The molecule has 0 saturated carbocycles. The van der Waals surface area contributed by atoms with Crippen molar-refractivity contribution in [2.24, 2.45) is 5.92 Å². The van der Waals surface area contributed by atoms with E-state index < -0.39 is 5.91 Å². The number of pyridine rings is 1. The van der Waals surface area contributed by atoms with Crippen LogP contribution in [0.2, 0.25) is 15.1 Å². The molecule has 0 bridgehead atoms. The topological polar surface area (TPSA) is 77.6 Å². The summed E-state index contributed by atoms with van der Waals surface area (Å²) in [5, 5.41) is 9.07. The largest absolute Gasteiger partial charge is 0.370 e. The normalized spacial score (nSPS) is 16.5. The quantitative estimate of drug-likeness (QED) is 0.292. The highest BCUT2D eigenvalue weighted by Gasteiger charge is 2.27. The number of nitrogens with zero attached hydrogens (tertiary/aromatic N) is 3. The Kier molecular flexibility index (Phi) is 8.99. The molecule has 2 fully saturated rings. The van der Waals surface area contributed by atoms with E-state index in [-0.39, 0.29) is 11.5 Å². The minimum absolute atomic E-state index is 0.241. The van der Waals surface area contributed by atoms with Crippen LogP contribution in [0.25, 0.3) is 0 Å². The Labute approximate surface area is 247 Å². The monoisotopic (exact) mass is 605 g/mol. The van der Waals surface area contributed by atoms with Gasteiger partial charge in [-0.2, -0.15) is 0 Å². The third-order valence-corrected chi connectivity index (χ3v) is 9.27. The van der Waals surface area contributed by atoms with Crippen LogP contribution in [0.3, 0.4) is 0 Å². The molecule has 3 aromatic rings. The maximum absolute atomic E-state index is 13.6. The third kappa shape index (κ3) is 6.69. The van der Waals surface area contributed by atoms with Gasteiger partial charge in [-0.15, -0.1) is 11.3 Å². The number of hydrogen-bond acceptors (Lipinski definition) is 6. The number of thiophene rings is 1. The Balaban J connectivity index is 1.42. The van der Waals surface area contributed by atoms with Gasteiger partial charge < -0.3 is 15.5 Å². The van der Waals surface area contributed by atoms with E-state index in [1.807, 2.05) is 5.38 Å². The SMILES string of the molecule is CC1CCN(Cc2csc(C(=O)Nc3c(C(=O)Nc4ccc(Cl)cn4)cc(Cl)cc3N3CCCC3)c2Cl)CC1. The molecular weight excluding hydrogens is 577 g/mol. The van der Waals surface area contributed by atoms with Gasteiger partial charge >= 0.3 is 0 Å². The minimum atomic E-state index is -0.444. The molecule has 0 radical (unpaired) electrons. The molecule has 11 heteroatoms. The van der Waals surface area contributed by atoms with Gasteiger partial charge in [0.25, 0.3) is 11.8 Å². The number of hydrogen-bond donors (Lipinski definition) is 2. The van der Waals surface area contributed by atoms with Gasteiger partial charge in [0.2, 0.25) is 0 Å². The molecule has 2 amide bonds. The summed E-state index contributed by atoms with van der Waals surface area (Å²) in [6, 6.07) is 6.60. The average molecular weight is 607 g/mol. The predicted molar refractivity (Wildman–Crippen MR) is 161 cm³/mol. The van der Waals surface area contributed by atoms with Crippen molar-refractivity contribution in [2.45, 2.75) is 39.2 Å². The number of piperidine rings is 1. The minimum Gasteiger partial charge on any atom is -0.370 e. The molecule has 0 aliphatic carbocycles. The average Bonchev–Trinajstić information content (AvgIpc) is 3.58. The Bertz CT molecular complexity index is 1350. The van der Waals surface area contributed by atoms with Crippen molar-refractivity contribution in [1.82, 2.24) is 9.88 Å². The molecule has 0 atom stereocenters. The van der Waals surface area contributed by atoms with Crippen LogP contribution in [0.1, 0.15) is 58.2 Å². The molecular formula is C28H30Cl3N5O2S. The lowest BCUT2D eigenvalue weighted by Crippen LogP contribution is -2.32. The first-order valence-corrected chi connectivity index (χ1v) is 15.1. The fourth-order valence-corrected chi connectivity index (χ4v) is 6.58. The van der Waals surface area contributed by atoms with Crippen molar-refractivity contribution in [3.63, 3.8) is 0 Å². The molecule has 2 aliphatic rings. The maximum Gasteiger partial charge on any atom is 0.267 e. The first-order chi connectivity index (χ1) is 18.8. The number of rotatable bonds is 7. The number of likely N-dealkylation sites (tertiary alicyclic amines) is 1. The molecule has 206 valence electrons. The Morgan fingerprint density at radius 3 is 2.44 bits per heavy atom. The van der Waals surface area contributed by atoms with Gasteiger partial charge in [0.1, 0.15) is 10.7 Å². The zero-order valence-electron chi connectivity index (χ0n) is 21.6.